The van der Waals surface area contributed by atoms with Gasteiger partial charge in [-0.15, -0.1) is 0 Å². The first-order valence-corrected chi connectivity index (χ1v) is 11.5. The molecule has 4 heterocycles. The number of hydrogen-bond donors (Lipinski definition) is 1. The molecule has 3 aromatic rings. The highest BCUT2D eigenvalue weighted by Crippen LogP contribution is 2.33. The van der Waals surface area contributed by atoms with Gasteiger partial charge in [-0.1, -0.05) is 42.1 Å². The van der Waals surface area contributed by atoms with Crippen molar-refractivity contribution in [2.75, 3.05) is 13.1 Å². The van der Waals surface area contributed by atoms with Crippen molar-refractivity contribution in [2.45, 2.75) is 41.6 Å². The minimum Gasteiger partial charge on any atom is -0.451 e. The fourth-order valence-electron chi connectivity index (χ4n) is 4.69. The number of piperidine rings is 3. The Morgan fingerprint density at radius 3 is 2.37 bits per heavy atom. The van der Waals surface area contributed by atoms with E-state index in [1.165, 1.54) is 22.6 Å². The second-order valence-electron chi connectivity index (χ2n) is 8.22. The molecule has 1 N–H and O–H groups in total. The molecule has 0 saturated carbocycles. The van der Waals surface area contributed by atoms with Crippen molar-refractivity contribution in [1.82, 2.24) is 10.2 Å². The Labute approximate surface area is 181 Å². The molecule has 30 heavy (non-hydrogen) atoms. The van der Waals surface area contributed by atoms with Crippen LogP contribution in [0.5, 0.6) is 0 Å². The second-order valence-corrected chi connectivity index (χ2v) is 9.36. The number of amides is 1. The number of furan rings is 1. The molecular formula is C25H26N2O2S. The third-order valence-electron chi connectivity index (χ3n) is 6.42. The highest BCUT2D eigenvalue weighted by molar-refractivity contribution is 7.99. The van der Waals surface area contributed by atoms with Crippen LogP contribution in [-0.4, -0.2) is 36.0 Å². The average Bonchev–Trinajstić information content (AvgIpc) is 3.28. The molecule has 2 atom stereocenters. The summed E-state index contributed by atoms with van der Waals surface area (Å²) in [6.07, 6.45) is 2.35. The van der Waals surface area contributed by atoms with Gasteiger partial charge in [0.25, 0.3) is 5.91 Å². The summed E-state index contributed by atoms with van der Waals surface area (Å²) in [7, 11) is 0. The number of carbonyl (C=O) groups excluding carboxylic acids is 1. The van der Waals surface area contributed by atoms with E-state index in [0.717, 1.165) is 24.4 Å². The van der Waals surface area contributed by atoms with Gasteiger partial charge in [-0.25, -0.2) is 0 Å². The molecule has 3 aliphatic heterocycles. The van der Waals surface area contributed by atoms with E-state index in [-0.39, 0.29) is 11.9 Å². The fourth-order valence-corrected chi connectivity index (χ4v) is 5.53. The molecule has 3 fully saturated rings. The number of nitrogens with one attached hydrogen (secondary N) is 1. The molecule has 6 rings (SSSR count). The fraction of sp³-hybridized carbons (Fsp3) is 0.320. The first-order chi connectivity index (χ1) is 14.7. The molecule has 5 heteroatoms. The van der Waals surface area contributed by atoms with Crippen LogP contribution in [0.1, 0.15) is 30.3 Å². The Kier molecular flexibility index (Phi) is 5.40. The smallest absolute Gasteiger partial charge is 0.287 e. The molecule has 0 spiro atoms. The predicted molar refractivity (Wildman–Crippen MR) is 120 cm³/mol. The summed E-state index contributed by atoms with van der Waals surface area (Å²) < 4.78 is 5.91. The first kappa shape index (κ1) is 19.5. The minimum absolute atomic E-state index is 0.108. The van der Waals surface area contributed by atoms with Crippen LogP contribution >= 0.6 is 11.8 Å². The topological polar surface area (TPSA) is 45.5 Å². The van der Waals surface area contributed by atoms with Gasteiger partial charge in [0.05, 0.1) is 0 Å². The van der Waals surface area contributed by atoms with Crippen LogP contribution in [0.15, 0.2) is 80.9 Å². The molecule has 3 saturated heterocycles. The summed E-state index contributed by atoms with van der Waals surface area (Å²) in [6, 6.07) is 22.8. The number of hydrogen-bond acceptors (Lipinski definition) is 4. The van der Waals surface area contributed by atoms with Gasteiger partial charge in [0, 0.05) is 27.4 Å². The molecule has 0 aliphatic carbocycles. The predicted octanol–water partition coefficient (Wildman–Crippen LogP) is 5.31. The van der Waals surface area contributed by atoms with Crippen molar-refractivity contribution in [3.63, 3.8) is 0 Å². The Balaban J connectivity index is 1.25. The maximum Gasteiger partial charge on any atom is 0.287 e. The standard InChI is InChI=1S/C25H26N2O2S/c1-17-24(19-13-15-27(17)16-14-19)26-25(28)23-12-11-22(29-23)18-7-9-21(10-8-18)30-20-5-3-2-4-6-20/h2-12,17,19,24H,13-16H2,1H3,(H,26,28)/t17-,24-/m0/s1. The Bertz CT molecular complexity index is 1010. The van der Waals surface area contributed by atoms with Gasteiger partial charge < -0.3 is 9.73 Å². The van der Waals surface area contributed by atoms with E-state index in [2.05, 4.69) is 41.4 Å². The lowest BCUT2D eigenvalue weighted by Crippen LogP contribution is -2.62. The number of rotatable bonds is 5. The maximum atomic E-state index is 12.8. The molecule has 0 unspecified atom stereocenters. The highest BCUT2D eigenvalue weighted by atomic mass is 32.2. The zero-order chi connectivity index (χ0) is 20.5. The Hall–Kier alpha value is -2.50. The number of nitrogens with zero attached hydrogens (tertiary/aromatic N) is 1. The molecule has 4 nitrogen and oxygen atoms in total. The highest BCUT2D eigenvalue weighted by Gasteiger charge is 2.40. The van der Waals surface area contributed by atoms with Crippen LogP contribution in [0.25, 0.3) is 11.3 Å². The van der Waals surface area contributed by atoms with Crippen LogP contribution in [0.4, 0.5) is 0 Å². The van der Waals surface area contributed by atoms with Crippen LogP contribution < -0.4 is 5.32 Å². The van der Waals surface area contributed by atoms with Gasteiger partial charge in [-0.05, 0) is 75.2 Å². The van der Waals surface area contributed by atoms with Gasteiger partial charge >= 0.3 is 0 Å². The first-order valence-electron chi connectivity index (χ1n) is 10.7. The van der Waals surface area contributed by atoms with Crippen molar-refractivity contribution in [2.24, 2.45) is 5.92 Å². The van der Waals surface area contributed by atoms with Crippen molar-refractivity contribution < 1.29 is 9.21 Å². The normalized spacial score (nSPS) is 25.2. The van der Waals surface area contributed by atoms with Gasteiger partial charge in [-0.2, -0.15) is 0 Å². The summed E-state index contributed by atoms with van der Waals surface area (Å²) in [5, 5.41) is 3.24. The quantitative estimate of drug-likeness (QED) is 0.610. The van der Waals surface area contributed by atoms with Crippen LogP contribution in [0.2, 0.25) is 0 Å². The minimum atomic E-state index is -0.108. The van der Waals surface area contributed by atoms with Crippen LogP contribution in [-0.2, 0) is 0 Å². The average molecular weight is 419 g/mol. The lowest BCUT2D eigenvalue weighted by atomic mass is 9.79. The van der Waals surface area contributed by atoms with Crippen molar-refractivity contribution >= 4 is 17.7 Å². The van der Waals surface area contributed by atoms with E-state index in [1.54, 1.807) is 17.8 Å². The van der Waals surface area contributed by atoms with E-state index in [1.807, 2.05) is 36.4 Å². The maximum absolute atomic E-state index is 12.8. The van der Waals surface area contributed by atoms with Gasteiger partial charge in [0.2, 0.25) is 0 Å². The molecule has 3 aliphatic rings. The van der Waals surface area contributed by atoms with E-state index in [9.17, 15) is 4.79 Å². The summed E-state index contributed by atoms with van der Waals surface area (Å²) in [5.41, 5.74) is 0.975. The number of fused-ring (bicyclic) bond motifs is 3. The molecular weight excluding hydrogens is 392 g/mol. The second kappa shape index (κ2) is 8.32. The van der Waals surface area contributed by atoms with Crippen molar-refractivity contribution in [3.05, 3.63) is 72.5 Å². The third-order valence-corrected chi connectivity index (χ3v) is 7.44. The van der Waals surface area contributed by atoms with Crippen LogP contribution in [0, 0.1) is 5.92 Å². The van der Waals surface area contributed by atoms with Crippen molar-refractivity contribution in [3.8, 4) is 11.3 Å². The summed E-state index contributed by atoms with van der Waals surface area (Å²) >= 11 is 1.73. The lowest BCUT2D eigenvalue weighted by molar-refractivity contribution is 0.0211. The van der Waals surface area contributed by atoms with Crippen LogP contribution in [0.3, 0.4) is 0 Å². The third kappa shape index (κ3) is 3.92. The van der Waals surface area contributed by atoms with Gasteiger partial charge in [0.15, 0.2) is 5.76 Å². The molecule has 154 valence electrons. The summed E-state index contributed by atoms with van der Waals surface area (Å²) in [5.74, 6) is 1.58. The molecule has 1 aromatic heterocycles. The zero-order valence-electron chi connectivity index (χ0n) is 17.1. The van der Waals surface area contributed by atoms with Crippen molar-refractivity contribution in [1.29, 1.82) is 0 Å². The zero-order valence-corrected chi connectivity index (χ0v) is 17.9. The molecule has 1 amide bonds. The molecule has 2 bridgehead atoms. The van der Waals surface area contributed by atoms with Gasteiger partial charge in [0.1, 0.15) is 5.76 Å². The summed E-state index contributed by atoms with van der Waals surface area (Å²) in [4.78, 5) is 17.7. The monoisotopic (exact) mass is 418 g/mol. The van der Waals surface area contributed by atoms with E-state index in [4.69, 9.17) is 4.42 Å². The Morgan fingerprint density at radius 1 is 0.967 bits per heavy atom. The summed E-state index contributed by atoms with van der Waals surface area (Å²) in [6.45, 7) is 4.53. The lowest BCUT2D eigenvalue weighted by Gasteiger charge is -2.49. The molecule has 2 aromatic carbocycles. The SMILES string of the molecule is C[C@H]1[C@H](NC(=O)c2ccc(-c3ccc(Sc4ccccc4)cc3)o2)C2CCN1CC2. The van der Waals surface area contributed by atoms with E-state index < -0.39 is 0 Å². The van der Waals surface area contributed by atoms with E-state index >= 15 is 0 Å². The van der Waals surface area contributed by atoms with E-state index in [0.29, 0.717) is 17.7 Å². The number of carbonyl (C=O) groups is 1. The molecule has 0 radical (unpaired) electrons. The van der Waals surface area contributed by atoms with Gasteiger partial charge in [-0.3, -0.25) is 9.69 Å². The Morgan fingerprint density at radius 2 is 1.67 bits per heavy atom. The number of benzene rings is 2. The largest absolute Gasteiger partial charge is 0.451 e.